The predicted octanol–water partition coefficient (Wildman–Crippen LogP) is 5.03. The van der Waals surface area contributed by atoms with Crippen molar-refractivity contribution in [2.45, 2.75) is 32.8 Å². The third-order valence-corrected chi connectivity index (χ3v) is 4.37. The standard InChI is InChI=1S/C17H17BrClN3O2/c1-17(2,3)24-16(23)22-6-4-5-13(22)15-10-7-14(19)20-8-11(10)12(18)9-21-15/h5,7-9H,4,6H2,1-3H3. The lowest BCUT2D eigenvalue weighted by atomic mass is 10.1. The fourth-order valence-corrected chi connectivity index (χ4v) is 3.15. The number of aromatic nitrogens is 2. The molecule has 2 aromatic rings. The maximum absolute atomic E-state index is 12.5. The van der Waals surface area contributed by atoms with Crippen molar-refractivity contribution < 1.29 is 9.53 Å². The van der Waals surface area contributed by atoms with E-state index >= 15 is 0 Å². The van der Waals surface area contributed by atoms with Gasteiger partial charge in [-0.1, -0.05) is 17.7 Å². The van der Waals surface area contributed by atoms with Crippen molar-refractivity contribution in [3.05, 3.63) is 39.9 Å². The molecule has 2 aromatic heterocycles. The quantitative estimate of drug-likeness (QED) is 0.619. The van der Waals surface area contributed by atoms with Crippen LogP contribution in [0.2, 0.25) is 5.15 Å². The summed E-state index contributed by atoms with van der Waals surface area (Å²) < 4.78 is 6.33. The molecule has 7 heteroatoms. The monoisotopic (exact) mass is 409 g/mol. The molecular weight excluding hydrogens is 394 g/mol. The molecular formula is C17H17BrClN3O2. The highest BCUT2D eigenvalue weighted by atomic mass is 79.9. The number of halogens is 2. The topological polar surface area (TPSA) is 55.3 Å². The second-order valence-electron chi connectivity index (χ2n) is 6.52. The highest BCUT2D eigenvalue weighted by molar-refractivity contribution is 9.10. The first-order valence-electron chi connectivity index (χ1n) is 7.57. The number of ether oxygens (including phenoxy) is 1. The third-order valence-electron chi connectivity index (χ3n) is 3.53. The maximum Gasteiger partial charge on any atom is 0.414 e. The van der Waals surface area contributed by atoms with Gasteiger partial charge in [-0.15, -0.1) is 0 Å². The Kier molecular flexibility index (Phi) is 4.53. The van der Waals surface area contributed by atoms with E-state index in [9.17, 15) is 4.79 Å². The molecule has 0 spiro atoms. The number of pyridine rings is 2. The van der Waals surface area contributed by atoms with Crippen LogP contribution in [0.1, 0.15) is 32.9 Å². The van der Waals surface area contributed by atoms with E-state index in [0.717, 1.165) is 27.4 Å². The van der Waals surface area contributed by atoms with Crippen molar-refractivity contribution in [2.24, 2.45) is 0 Å². The number of hydrogen-bond acceptors (Lipinski definition) is 4. The van der Waals surface area contributed by atoms with Crippen molar-refractivity contribution in [3.8, 4) is 0 Å². The molecule has 1 amide bonds. The van der Waals surface area contributed by atoms with Crippen molar-refractivity contribution in [3.63, 3.8) is 0 Å². The number of rotatable bonds is 1. The fourth-order valence-electron chi connectivity index (χ4n) is 2.57. The van der Waals surface area contributed by atoms with Gasteiger partial charge in [-0.05, 0) is 49.2 Å². The van der Waals surface area contributed by atoms with Gasteiger partial charge in [0.1, 0.15) is 10.8 Å². The van der Waals surface area contributed by atoms with Crippen LogP contribution in [0.3, 0.4) is 0 Å². The van der Waals surface area contributed by atoms with Crippen LogP contribution in [-0.2, 0) is 4.74 Å². The zero-order valence-corrected chi connectivity index (χ0v) is 16.0. The van der Waals surface area contributed by atoms with E-state index in [0.29, 0.717) is 17.4 Å². The summed E-state index contributed by atoms with van der Waals surface area (Å²) in [6, 6.07) is 1.76. The number of fused-ring (bicyclic) bond motifs is 1. The molecule has 0 aromatic carbocycles. The Morgan fingerprint density at radius 2 is 2.04 bits per heavy atom. The van der Waals surface area contributed by atoms with Crippen LogP contribution in [0.5, 0.6) is 0 Å². The average Bonchev–Trinajstić information content (AvgIpc) is 2.95. The summed E-state index contributed by atoms with van der Waals surface area (Å²) in [4.78, 5) is 22.8. The lowest BCUT2D eigenvalue weighted by molar-refractivity contribution is 0.0365. The average molecular weight is 411 g/mol. The van der Waals surface area contributed by atoms with E-state index in [2.05, 4.69) is 25.9 Å². The predicted molar refractivity (Wildman–Crippen MR) is 97.8 cm³/mol. The van der Waals surface area contributed by atoms with Crippen LogP contribution in [0.15, 0.2) is 29.0 Å². The van der Waals surface area contributed by atoms with Crippen LogP contribution >= 0.6 is 27.5 Å². The molecule has 0 aliphatic carbocycles. The first-order valence-corrected chi connectivity index (χ1v) is 8.74. The van der Waals surface area contributed by atoms with Crippen molar-refractivity contribution in [2.75, 3.05) is 6.54 Å². The summed E-state index contributed by atoms with van der Waals surface area (Å²) in [6.45, 7) is 6.12. The molecule has 126 valence electrons. The minimum atomic E-state index is -0.548. The summed E-state index contributed by atoms with van der Waals surface area (Å²) in [6.07, 6.45) is 5.78. The van der Waals surface area contributed by atoms with Crippen LogP contribution in [0, 0.1) is 0 Å². The van der Waals surface area contributed by atoms with E-state index in [1.165, 1.54) is 0 Å². The van der Waals surface area contributed by atoms with Gasteiger partial charge in [0, 0.05) is 34.2 Å². The molecule has 0 N–H and O–H groups in total. The minimum Gasteiger partial charge on any atom is -0.443 e. The van der Waals surface area contributed by atoms with Crippen molar-refractivity contribution >= 4 is 50.1 Å². The van der Waals surface area contributed by atoms with Crippen LogP contribution < -0.4 is 0 Å². The Labute approximate surface area is 153 Å². The zero-order chi connectivity index (χ0) is 17.5. The van der Waals surface area contributed by atoms with E-state index in [-0.39, 0.29) is 6.09 Å². The lowest BCUT2D eigenvalue weighted by Gasteiger charge is -2.26. The SMILES string of the molecule is CC(C)(C)OC(=O)N1CCC=C1c1ncc(Br)c2cnc(Cl)cc12. The molecule has 0 atom stereocenters. The Bertz CT molecular complexity index is 846. The summed E-state index contributed by atoms with van der Waals surface area (Å²) in [5, 5.41) is 2.11. The van der Waals surface area contributed by atoms with Gasteiger partial charge >= 0.3 is 6.09 Å². The highest BCUT2D eigenvalue weighted by Gasteiger charge is 2.29. The molecule has 0 saturated heterocycles. The molecule has 24 heavy (non-hydrogen) atoms. The normalized spacial score (nSPS) is 14.9. The molecule has 1 aliphatic heterocycles. The van der Waals surface area contributed by atoms with Gasteiger partial charge in [-0.2, -0.15) is 0 Å². The van der Waals surface area contributed by atoms with Gasteiger partial charge in [0.25, 0.3) is 0 Å². The second-order valence-corrected chi connectivity index (χ2v) is 7.76. The summed E-state index contributed by atoms with van der Waals surface area (Å²) in [5.41, 5.74) is 0.887. The van der Waals surface area contributed by atoms with Gasteiger partial charge in [0.2, 0.25) is 0 Å². The maximum atomic E-state index is 12.5. The Balaban J connectivity index is 2.05. The molecule has 0 radical (unpaired) electrons. The van der Waals surface area contributed by atoms with Gasteiger partial charge in [0.15, 0.2) is 0 Å². The van der Waals surface area contributed by atoms with Crippen LogP contribution in [-0.4, -0.2) is 33.1 Å². The van der Waals surface area contributed by atoms with E-state index in [1.807, 2.05) is 26.8 Å². The molecule has 0 bridgehead atoms. The third kappa shape index (κ3) is 3.39. The highest BCUT2D eigenvalue weighted by Crippen LogP contribution is 2.34. The lowest BCUT2D eigenvalue weighted by Crippen LogP contribution is -2.34. The largest absolute Gasteiger partial charge is 0.443 e. The fraction of sp³-hybridized carbons (Fsp3) is 0.353. The molecule has 0 unspecified atom stereocenters. The number of carbonyl (C=O) groups is 1. The van der Waals surface area contributed by atoms with Gasteiger partial charge in [-0.25, -0.2) is 9.78 Å². The molecule has 1 aliphatic rings. The van der Waals surface area contributed by atoms with Gasteiger partial charge < -0.3 is 4.74 Å². The molecule has 5 nitrogen and oxygen atoms in total. The molecule has 0 saturated carbocycles. The Hall–Kier alpha value is -1.66. The first kappa shape index (κ1) is 17.2. The summed E-state index contributed by atoms with van der Waals surface area (Å²) in [7, 11) is 0. The van der Waals surface area contributed by atoms with Crippen molar-refractivity contribution in [1.29, 1.82) is 0 Å². The van der Waals surface area contributed by atoms with E-state index in [1.54, 1.807) is 23.4 Å². The van der Waals surface area contributed by atoms with Crippen LogP contribution in [0.4, 0.5) is 4.79 Å². The van der Waals surface area contributed by atoms with E-state index < -0.39 is 5.60 Å². The molecule has 3 heterocycles. The molecule has 0 fully saturated rings. The zero-order valence-electron chi connectivity index (χ0n) is 13.6. The second kappa shape index (κ2) is 6.33. The Morgan fingerprint density at radius 3 is 2.75 bits per heavy atom. The summed E-state index contributed by atoms with van der Waals surface area (Å²) in [5.74, 6) is 0. The van der Waals surface area contributed by atoms with Crippen LogP contribution in [0.25, 0.3) is 16.5 Å². The number of nitrogens with zero attached hydrogens (tertiary/aromatic N) is 3. The number of amides is 1. The smallest absolute Gasteiger partial charge is 0.414 e. The Morgan fingerprint density at radius 1 is 1.29 bits per heavy atom. The summed E-state index contributed by atoms with van der Waals surface area (Å²) >= 11 is 9.53. The van der Waals surface area contributed by atoms with Gasteiger partial charge in [0.05, 0.1) is 11.4 Å². The molecule has 3 rings (SSSR count). The van der Waals surface area contributed by atoms with E-state index in [4.69, 9.17) is 16.3 Å². The number of carbonyl (C=O) groups excluding carboxylic acids is 1. The minimum absolute atomic E-state index is 0.371. The van der Waals surface area contributed by atoms with Crippen molar-refractivity contribution in [1.82, 2.24) is 14.9 Å². The first-order chi connectivity index (χ1) is 11.3. The number of hydrogen-bond donors (Lipinski definition) is 0. The van der Waals surface area contributed by atoms with Gasteiger partial charge in [-0.3, -0.25) is 9.88 Å².